The van der Waals surface area contributed by atoms with Crippen molar-refractivity contribution in [3.05, 3.63) is 91.5 Å². The summed E-state index contributed by atoms with van der Waals surface area (Å²) < 4.78 is 33.0. The Morgan fingerprint density at radius 2 is 1.74 bits per heavy atom. The van der Waals surface area contributed by atoms with Gasteiger partial charge in [0, 0.05) is 54.5 Å². The smallest absolute Gasteiger partial charge is 0.331 e. The predicted octanol–water partition coefficient (Wildman–Crippen LogP) is 2.17. The van der Waals surface area contributed by atoms with Crippen LogP contribution in [0.1, 0.15) is 87.2 Å². The molecule has 6 atom stereocenters. The molecule has 3 aliphatic rings. The molecule has 0 amide bonds. The molecule has 0 spiro atoms. The van der Waals surface area contributed by atoms with Crippen LogP contribution in [0.4, 0.5) is 0 Å². The van der Waals surface area contributed by atoms with Gasteiger partial charge in [0.15, 0.2) is 30.2 Å². The lowest BCUT2D eigenvalue weighted by Crippen LogP contribution is -2.53. The van der Waals surface area contributed by atoms with Crippen LogP contribution >= 0.6 is 0 Å². The van der Waals surface area contributed by atoms with Crippen molar-refractivity contribution in [1.29, 1.82) is 0 Å². The minimum absolute atomic E-state index is 0.0310. The lowest BCUT2D eigenvalue weighted by molar-refractivity contribution is -0.757. The molecule has 0 bridgehead atoms. The molecule has 6 N–H and O–H groups in total. The number of methoxy groups -OCH3 is 2. The van der Waals surface area contributed by atoms with Crippen molar-refractivity contribution < 1.29 is 82.7 Å². The summed E-state index contributed by atoms with van der Waals surface area (Å²) in [6, 6.07) is 7.71. The van der Waals surface area contributed by atoms with Crippen LogP contribution in [0.15, 0.2) is 42.5 Å². The second kappa shape index (κ2) is 18.0. The van der Waals surface area contributed by atoms with Gasteiger partial charge in [-0.1, -0.05) is 18.2 Å². The highest BCUT2D eigenvalue weighted by Crippen LogP contribution is 2.52. The van der Waals surface area contributed by atoms with Crippen LogP contribution < -0.4 is 19.9 Å². The van der Waals surface area contributed by atoms with E-state index < -0.39 is 113 Å². The molecule has 0 aromatic heterocycles. The average Bonchev–Trinajstić information content (AvgIpc) is 3.22. The van der Waals surface area contributed by atoms with E-state index in [-0.39, 0.29) is 65.4 Å². The summed E-state index contributed by atoms with van der Waals surface area (Å²) in [7, 11) is 2.60. The van der Waals surface area contributed by atoms with E-state index in [0.29, 0.717) is 5.56 Å². The Kier molecular flexibility index (Phi) is 13.0. The molecule has 20 heteroatoms. The van der Waals surface area contributed by atoms with Gasteiger partial charge in [-0.2, -0.15) is 0 Å². The Morgan fingerprint density at radius 1 is 1.02 bits per heavy atom. The Labute approximate surface area is 346 Å². The van der Waals surface area contributed by atoms with Gasteiger partial charge in [0.2, 0.25) is 11.6 Å². The molecule has 324 valence electrons. The first-order valence-electron chi connectivity index (χ1n) is 18.9. The van der Waals surface area contributed by atoms with Gasteiger partial charge in [-0.25, -0.2) is 4.79 Å². The van der Waals surface area contributed by atoms with Crippen LogP contribution in [0.25, 0.3) is 6.08 Å². The summed E-state index contributed by atoms with van der Waals surface area (Å²) in [5, 5.41) is 55.1. The first-order valence-corrected chi connectivity index (χ1v) is 18.9. The third-order valence-electron chi connectivity index (χ3n) is 10.6. The quantitative estimate of drug-likeness (QED) is 0.0218. The number of phenols is 2. The van der Waals surface area contributed by atoms with Crippen LogP contribution in [0.5, 0.6) is 28.7 Å². The number of aliphatic hydroxyl groups is 2. The molecule has 3 aromatic carbocycles. The first-order chi connectivity index (χ1) is 29.0. The number of fused-ring (bicyclic) bond motifs is 3. The van der Waals surface area contributed by atoms with E-state index in [9.17, 15) is 54.5 Å². The van der Waals surface area contributed by atoms with Crippen molar-refractivity contribution in [3.63, 3.8) is 0 Å². The Morgan fingerprint density at radius 3 is 2.43 bits per heavy atom. The molecular weight excluding hydrogens is 808 g/mol. The fourth-order valence-corrected chi connectivity index (χ4v) is 7.49. The molecule has 1 heterocycles. The average molecular weight is 851 g/mol. The number of esters is 2. The summed E-state index contributed by atoms with van der Waals surface area (Å²) in [6.07, 6.45) is -3.82. The molecule has 3 aromatic rings. The van der Waals surface area contributed by atoms with Gasteiger partial charge < -0.3 is 59.4 Å². The summed E-state index contributed by atoms with van der Waals surface area (Å²) in [6.45, 7) is 0.265. The van der Waals surface area contributed by atoms with Gasteiger partial charge in [-0.15, -0.1) is 10.1 Å². The number of aliphatic hydroxyl groups excluding tert-OH is 1. The molecule has 1 fully saturated rings. The normalized spacial score (nSPS) is 23.0. The number of aromatic hydroxyl groups is 2. The Balaban J connectivity index is 1.22. The molecule has 20 nitrogen and oxygen atoms in total. The molecule has 1 aliphatic heterocycles. The van der Waals surface area contributed by atoms with E-state index in [0.717, 1.165) is 6.08 Å². The fourth-order valence-electron chi connectivity index (χ4n) is 7.49. The number of carbonyl (C=O) groups excluding carboxylic acids is 5. The number of carbonyl (C=O) groups is 5. The second-order valence-electron chi connectivity index (χ2n) is 14.5. The molecule has 4 unspecified atom stereocenters. The number of Topliss-reactive ketones (excluding diaryl/α,β-unsaturated/α-hetero) is 1. The maximum atomic E-state index is 14.0. The van der Waals surface area contributed by atoms with Crippen LogP contribution in [-0.2, 0) is 39.9 Å². The standard InChI is InChI=1S/C41H42N2O18/c1-19-36(47)23(42)15-31(59-19)61-27-17-41(52,16-22-33(27)40(51)35-34(38(22)49)37(48)21-6-4-7-25(55-2)32(21)39(35)50)28(44)18-57-29(45)12-10-20-9-11-24(26(14-20)56-3)60-30(46)8-5-13-58-43(53)54/h4,6-7,9-12,14,19,23,27,31,36,47,49,51-52H,5,8,13,15-18,42H2,1-3H3/b12-10+/t19?,23?,27-,31?,36?,41-/m0/s1. The molecule has 6 rings (SSSR count). The first kappa shape index (κ1) is 44.1. The van der Waals surface area contributed by atoms with E-state index in [1.54, 1.807) is 6.92 Å². The topological polar surface area (TPSA) is 300 Å². The number of ether oxygens (including phenoxy) is 6. The van der Waals surface area contributed by atoms with Crippen LogP contribution in [-0.4, -0.2) is 112 Å². The van der Waals surface area contributed by atoms with Gasteiger partial charge in [0.05, 0.1) is 55.8 Å². The molecule has 0 saturated carbocycles. The number of nitrogens with zero attached hydrogens (tertiary/aromatic N) is 1. The van der Waals surface area contributed by atoms with Crippen molar-refractivity contribution >= 4 is 35.4 Å². The summed E-state index contributed by atoms with van der Waals surface area (Å²) in [5.74, 6) is -5.81. The summed E-state index contributed by atoms with van der Waals surface area (Å²) >= 11 is 0. The number of hydrogen-bond acceptors (Lipinski definition) is 19. The van der Waals surface area contributed by atoms with Gasteiger partial charge in [0.1, 0.15) is 22.8 Å². The van der Waals surface area contributed by atoms with Crippen molar-refractivity contribution in [1.82, 2.24) is 0 Å². The molecule has 1 saturated heterocycles. The lowest BCUT2D eigenvalue weighted by atomic mass is 9.72. The number of phenolic OH excluding ortho intramolecular Hbond substituents is 2. The van der Waals surface area contributed by atoms with Gasteiger partial charge in [-0.05, 0) is 43.2 Å². The van der Waals surface area contributed by atoms with Crippen molar-refractivity contribution in [2.45, 2.75) is 75.3 Å². The third kappa shape index (κ3) is 9.03. The van der Waals surface area contributed by atoms with Crippen LogP contribution in [0.2, 0.25) is 0 Å². The van der Waals surface area contributed by atoms with Gasteiger partial charge in [0.25, 0.3) is 5.09 Å². The van der Waals surface area contributed by atoms with E-state index in [1.165, 1.54) is 56.7 Å². The Bertz CT molecular complexity index is 2300. The third-order valence-corrected chi connectivity index (χ3v) is 10.6. The maximum Gasteiger partial charge on any atom is 0.331 e. The number of hydrogen-bond donors (Lipinski definition) is 5. The van der Waals surface area contributed by atoms with Gasteiger partial charge >= 0.3 is 11.9 Å². The largest absolute Gasteiger partial charge is 0.507 e. The van der Waals surface area contributed by atoms with Crippen molar-refractivity contribution in [3.8, 4) is 28.7 Å². The highest BCUT2D eigenvalue weighted by molar-refractivity contribution is 6.31. The number of ketones is 3. The number of rotatable bonds is 15. The van der Waals surface area contributed by atoms with E-state index in [2.05, 4.69) is 4.84 Å². The zero-order valence-corrected chi connectivity index (χ0v) is 33.0. The highest BCUT2D eigenvalue weighted by Gasteiger charge is 2.50. The monoisotopic (exact) mass is 850 g/mol. The van der Waals surface area contributed by atoms with Crippen molar-refractivity contribution in [2.24, 2.45) is 5.73 Å². The SMILES string of the molecule is COc1cc(/C=C/C(=O)OCC(=O)[C@]2(O)Cc3c(O)c4c(c(O)c3[C@@H](OC3CC(N)C(O)C(C)O3)C2)C(=O)c2c(OC)cccc2C4=O)ccc1OC(=O)CCCO[N+](=O)[O-]. The molecular formula is C41H42N2O18. The van der Waals surface area contributed by atoms with Gasteiger partial charge in [-0.3, -0.25) is 19.2 Å². The summed E-state index contributed by atoms with van der Waals surface area (Å²) in [5.41, 5.74) is 2.17. The molecule has 0 radical (unpaired) electrons. The lowest BCUT2D eigenvalue weighted by Gasteiger charge is -2.42. The Hall–Kier alpha value is -6.45. The number of benzene rings is 3. The molecule has 61 heavy (non-hydrogen) atoms. The highest BCUT2D eigenvalue weighted by atomic mass is 16.9. The second-order valence-corrected chi connectivity index (χ2v) is 14.5. The summed E-state index contributed by atoms with van der Waals surface area (Å²) in [4.78, 5) is 81.0. The minimum atomic E-state index is -2.45. The van der Waals surface area contributed by atoms with E-state index >= 15 is 0 Å². The molecule has 2 aliphatic carbocycles. The number of nitrogens with two attached hydrogens (primary N) is 1. The van der Waals surface area contributed by atoms with E-state index in [4.69, 9.17) is 34.2 Å². The maximum absolute atomic E-state index is 14.0. The zero-order valence-electron chi connectivity index (χ0n) is 33.0. The minimum Gasteiger partial charge on any atom is -0.507 e. The van der Waals surface area contributed by atoms with E-state index in [1.807, 2.05) is 0 Å². The zero-order chi connectivity index (χ0) is 44.3. The van der Waals surface area contributed by atoms with Crippen molar-refractivity contribution in [2.75, 3.05) is 27.4 Å². The predicted molar refractivity (Wildman–Crippen MR) is 205 cm³/mol. The van der Waals surface area contributed by atoms with Crippen LogP contribution in [0.3, 0.4) is 0 Å². The fraction of sp³-hybridized carbons (Fsp3) is 0.390. The van der Waals surface area contributed by atoms with Crippen LogP contribution in [0, 0.1) is 10.1 Å².